The van der Waals surface area contributed by atoms with E-state index in [1.807, 2.05) is 0 Å². The van der Waals surface area contributed by atoms with Crippen LogP contribution in [0.1, 0.15) is 31.9 Å². The van der Waals surface area contributed by atoms with Gasteiger partial charge in [0.2, 0.25) is 0 Å². The van der Waals surface area contributed by atoms with Gasteiger partial charge in [-0.2, -0.15) is 0 Å². The van der Waals surface area contributed by atoms with Crippen LogP contribution >= 0.6 is 11.6 Å². The second kappa shape index (κ2) is 4.39. The molecule has 0 N–H and O–H groups in total. The monoisotopic (exact) mass is 173 g/mol. The van der Waals surface area contributed by atoms with Crippen molar-refractivity contribution >= 4 is 11.6 Å². The van der Waals surface area contributed by atoms with Gasteiger partial charge in [-0.1, -0.05) is 36.5 Å². The van der Waals surface area contributed by atoms with Gasteiger partial charge in [-0.15, -0.1) is 0 Å². The average molecular weight is 174 g/mol. The van der Waals surface area contributed by atoms with Crippen molar-refractivity contribution in [2.75, 3.05) is 0 Å². The Labute approximate surface area is 71.5 Å². The van der Waals surface area contributed by atoms with E-state index in [0.717, 1.165) is 18.6 Å². The smallest absolute Gasteiger partial charge is 0.172 e. The Morgan fingerprint density at radius 2 is 2.36 bits per heavy atom. The minimum atomic E-state index is 0.455. The van der Waals surface area contributed by atoms with Crippen LogP contribution in [0.25, 0.3) is 0 Å². The standard InChI is InChI=1S/C8H12ClNO/c1-2-3-4-5-7-6-8(9)10-11-7/h6H,2-5H2,1H3. The number of rotatable bonds is 4. The number of nitrogens with zero attached hydrogens (tertiary/aromatic N) is 1. The third-order valence-electron chi connectivity index (χ3n) is 1.56. The molecule has 0 unspecified atom stereocenters. The zero-order chi connectivity index (χ0) is 8.10. The first-order chi connectivity index (χ1) is 5.33. The lowest BCUT2D eigenvalue weighted by molar-refractivity contribution is 0.379. The van der Waals surface area contributed by atoms with Gasteiger partial charge in [0.15, 0.2) is 5.15 Å². The van der Waals surface area contributed by atoms with Crippen molar-refractivity contribution < 1.29 is 4.52 Å². The zero-order valence-electron chi connectivity index (χ0n) is 6.64. The first-order valence-corrected chi connectivity index (χ1v) is 4.32. The zero-order valence-corrected chi connectivity index (χ0v) is 7.40. The predicted molar refractivity (Wildman–Crippen MR) is 44.7 cm³/mol. The summed E-state index contributed by atoms with van der Waals surface area (Å²) in [6, 6.07) is 1.78. The lowest BCUT2D eigenvalue weighted by Crippen LogP contribution is -1.80. The largest absolute Gasteiger partial charge is 0.360 e. The number of hydrogen-bond donors (Lipinski definition) is 0. The van der Waals surface area contributed by atoms with Crippen LogP contribution in [-0.4, -0.2) is 5.16 Å². The average Bonchev–Trinajstić information content (AvgIpc) is 2.37. The van der Waals surface area contributed by atoms with Gasteiger partial charge in [0, 0.05) is 12.5 Å². The van der Waals surface area contributed by atoms with E-state index in [-0.39, 0.29) is 0 Å². The van der Waals surface area contributed by atoms with Crippen LogP contribution in [0.3, 0.4) is 0 Å². The van der Waals surface area contributed by atoms with Crippen LogP contribution in [-0.2, 0) is 6.42 Å². The lowest BCUT2D eigenvalue weighted by Gasteiger charge is -1.91. The SMILES string of the molecule is CCCCCc1cc(Cl)no1. The van der Waals surface area contributed by atoms with Crippen LogP contribution in [0, 0.1) is 0 Å². The predicted octanol–water partition coefficient (Wildman–Crippen LogP) is 3.06. The number of unbranched alkanes of at least 4 members (excludes halogenated alkanes) is 2. The van der Waals surface area contributed by atoms with E-state index in [2.05, 4.69) is 12.1 Å². The fourth-order valence-electron chi connectivity index (χ4n) is 0.955. The quantitative estimate of drug-likeness (QED) is 0.655. The Morgan fingerprint density at radius 3 is 2.91 bits per heavy atom. The Hall–Kier alpha value is -0.500. The summed E-state index contributed by atoms with van der Waals surface area (Å²) < 4.78 is 4.93. The van der Waals surface area contributed by atoms with E-state index < -0.39 is 0 Å². The molecule has 0 aliphatic rings. The highest BCUT2D eigenvalue weighted by molar-refractivity contribution is 6.29. The van der Waals surface area contributed by atoms with Crippen LogP contribution in [0.2, 0.25) is 5.15 Å². The van der Waals surface area contributed by atoms with Crippen molar-refractivity contribution in [2.45, 2.75) is 32.6 Å². The normalized spacial score (nSPS) is 10.4. The van der Waals surface area contributed by atoms with E-state index >= 15 is 0 Å². The molecule has 0 spiro atoms. The highest BCUT2D eigenvalue weighted by atomic mass is 35.5. The minimum Gasteiger partial charge on any atom is -0.360 e. The Balaban J connectivity index is 2.27. The van der Waals surface area contributed by atoms with Crippen molar-refractivity contribution in [2.24, 2.45) is 0 Å². The third-order valence-corrected chi connectivity index (χ3v) is 1.74. The highest BCUT2D eigenvalue weighted by Gasteiger charge is 1.99. The van der Waals surface area contributed by atoms with Gasteiger partial charge in [0.1, 0.15) is 5.76 Å². The molecular weight excluding hydrogens is 162 g/mol. The van der Waals surface area contributed by atoms with Gasteiger partial charge in [0.25, 0.3) is 0 Å². The van der Waals surface area contributed by atoms with E-state index in [1.165, 1.54) is 12.8 Å². The molecule has 0 aromatic carbocycles. The van der Waals surface area contributed by atoms with Crippen LogP contribution in [0.15, 0.2) is 10.6 Å². The molecular formula is C8H12ClNO. The molecule has 0 radical (unpaired) electrons. The van der Waals surface area contributed by atoms with Gasteiger partial charge < -0.3 is 4.52 Å². The van der Waals surface area contributed by atoms with E-state index in [0.29, 0.717) is 5.15 Å². The van der Waals surface area contributed by atoms with Crippen molar-refractivity contribution in [3.05, 3.63) is 17.0 Å². The molecule has 3 heteroatoms. The van der Waals surface area contributed by atoms with Gasteiger partial charge >= 0.3 is 0 Å². The molecule has 0 atom stereocenters. The fourth-order valence-corrected chi connectivity index (χ4v) is 1.11. The van der Waals surface area contributed by atoms with Gasteiger partial charge in [0.05, 0.1) is 0 Å². The van der Waals surface area contributed by atoms with Crippen LogP contribution in [0.5, 0.6) is 0 Å². The first-order valence-electron chi connectivity index (χ1n) is 3.94. The summed E-state index contributed by atoms with van der Waals surface area (Å²) in [5.74, 6) is 0.892. The number of hydrogen-bond acceptors (Lipinski definition) is 2. The first kappa shape index (κ1) is 8.60. The Kier molecular flexibility index (Phi) is 3.43. The van der Waals surface area contributed by atoms with Gasteiger partial charge in [-0.25, -0.2) is 0 Å². The summed E-state index contributed by atoms with van der Waals surface area (Å²) in [5, 5.41) is 4.04. The third kappa shape index (κ3) is 2.93. The molecule has 0 fully saturated rings. The summed E-state index contributed by atoms with van der Waals surface area (Å²) in [6.45, 7) is 2.17. The van der Waals surface area contributed by atoms with Crippen LogP contribution in [0.4, 0.5) is 0 Å². The van der Waals surface area contributed by atoms with E-state index in [1.54, 1.807) is 6.07 Å². The van der Waals surface area contributed by atoms with E-state index in [4.69, 9.17) is 16.1 Å². The molecule has 11 heavy (non-hydrogen) atoms. The Bertz CT molecular complexity index is 210. The van der Waals surface area contributed by atoms with Gasteiger partial charge in [-0.3, -0.25) is 0 Å². The molecule has 62 valence electrons. The van der Waals surface area contributed by atoms with Crippen molar-refractivity contribution in [3.63, 3.8) is 0 Å². The maximum Gasteiger partial charge on any atom is 0.172 e. The highest BCUT2D eigenvalue weighted by Crippen LogP contribution is 2.11. The van der Waals surface area contributed by atoms with Crippen molar-refractivity contribution in [1.29, 1.82) is 0 Å². The molecule has 0 aliphatic carbocycles. The summed E-state index contributed by atoms with van der Waals surface area (Å²) >= 11 is 5.57. The molecule has 1 rings (SSSR count). The fraction of sp³-hybridized carbons (Fsp3) is 0.625. The second-order valence-electron chi connectivity index (χ2n) is 2.57. The van der Waals surface area contributed by atoms with Gasteiger partial charge in [-0.05, 0) is 6.42 Å². The molecule has 0 saturated carbocycles. The second-order valence-corrected chi connectivity index (χ2v) is 2.96. The maximum absolute atomic E-state index is 5.57. The summed E-state index contributed by atoms with van der Waals surface area (Å²) in [5.41, 5.74) is 0. The number of aromatic nitrogens is 1. The topological polar surface area (TPSA) is 26.0 Å². The summed E-state index contributed by atoms with van der Waals surface area (Å²) in [6.07, 6.45) is 4.57. The molecule has 1 aromatic heterocycles. The molecule has 0 aliphatic heterocycles. The molecule has 0 amide bonds. The summed E-state index contributed by atoms with van der Waals surface area (Å²) in [7, 11) is 0. The molecule has 2 nitrogen and oxygen atoms in total. The molecule has 0 saturated heterocycles. The maximum atomic E-state index is 5.57. The molecule has 1 aromatic rings. The molecule has 0 bridgehead atoms. The lowest BCUT2D eigenvalue weighted by atomic mass is 10.2. The van der Waals surface area contributed by atoms with E-state index in [9.17, 15) is 0 Å². The van der Waals surface area contributed by atoms with Crippen molar-refractivity contribution in [3.8, 4) is 0 Å². The molecule has 1 heterocycles. The summed E-state index contributed by atoms with van der Waals surface area (Å²) in [4.78, 5) is 0. The van der Waals surface area contributed by atoms with Crippen molar-refractivity contribution in [1.82, 2.24) is 5.16 Å². The number of halogens is 1. The Morgan fingerprint density at radius 1 is 1.55 bits per heavy atom. The van der Waals surface area contributed by atoms with Crippen LogP contribution < -0.4 is 0 Å². The number of aryl methyl sites for hydroxylation is 1. The minimum absolute atomic E-state index is 0.455.